The van der Waals surface area contributed by atoms with Crippen molar-refractivity contribution in [2.45, 2.75) is 44.7 Å². The number of carbonyl (C=O) groups excluding carboxylic acids is 4. The fourth-order valence-corrected chi connectivity index (χ4v) is 3.41. The second-order valence-electron chi connectivity index (χ2n) is 6.63. The molecule has 0 radical (unpaired) electrons. The van der Waals surface area contributed by atoms with Crippen molar-refractivity contribution >= 4 is 23.8 Å². The molecule has 0 spiro atoms. The number of hydrogen-bond donors (Lipinski definition) is 1. The van der Waals surface area contributed by atoms with Gasteiger partial charge in [-0.1, -0.05) is 25.0 Å². The van der Waals surface area contributed by atoms with Crippen LogP contribution in [0.25, 0.3) is 0 Å². The standard InChI is InChI=1S/C18H20FN3O4/c1-11(12-6-8-13(19)9-7-12)20-15(23)10-21-16(24)17(25)22(18(21)26)14-4-2-3-5-14/h6-9,11,14H,2-5,10H2,1H3,(H,20,23)/t11-/m1/s1. The lowest BCUT2D eigenvalue weighted by molar-refractivity contribution is -0.144. The molecule has 1 aliphatic carbocycles. The molecule has 1 saturated carbocycles. The highest BCUT2D eigenvalue weighted by Gasteiger charge is 2.48. The Labute approximate surface area is 150 Å². The van der Waals surface area contributed by atoms with Gasteiger partial charge in [-0.2, -0.15) is 0 Å². The van der Waals surface area contributed by atoms with E-state index in [0.29, 0.717) is 23.3 Å². The van der Waals surface area contributed by atoms with Gasteiger partial charge < -0.3 is 5.32 Å². The molecule has 26 heavy (non-hydrogen) atoms. The molecule has 1 heterocycles. The molecule has 1 atom stereocenters. The summed E-state index contributed by atoms with van der Waals surface area (Å²) in [5.41, 5.74) is 0.683. The maximum atomic E-state index is 13.0. The number of urea groups is 1. The Morgan fingerprint density at radius 3 is 2.38 bits per heavy atom. The minimum atomic E-state index is -0.966. The van der Waals surface area contributed by atoms with Gasteiger partial charge in [-0.15, -0.1) is 0 Å². The van der Waals surface area contributed by atoms with E-state index in [1.54, 1.807) is 6.92 Å². The van der Waals surface area contributed by atoms with Crippen LogP contribution in [-0.2, 0) is 14.4 Å². The number of nitrogens with one attached hydrogen (secondary N) is 1. The van der Waals surface area contributed by atoms with Gasteiger partial charge in [-0.25, -0.2) is 14.1 Å². The van der Waals surface area contributed by atoms with Crippen molar-refractivity contribution in [1.29, 1.82) is 0 Å². The van der Waals surface area contributed by atoms with Crippen LogP contribution < -0.4 is 5.32 Å². The summed E-state index contributed by atoms with van der Waals surface area (Å²) in [6, 6.07) is 4.22. The Balaban J connectivity index is 1.63. The first-order valence-corrected chi connectivity index (χ1v) is 8.62. The van der Waals surface area contributed by atoms with Gasteiger partial charge in [-0.05, 0) is 37.5 Å². The van der Waals surface area contributed by atoms with Crippen LogP contribution in [-0.4, -0.2) is 46.1 Å². The van der Waals surface area contributed by atoms with Crippen molar-refractivity contribution in [1.82, 2.24) is 15.1 Å². The lowest BCUT2D eigenvalue weighted by atomic mass is 10.1. The first-order valence-electron chi connectivity index (χ1n) is 8.62. The summed E-state index contributed by atoms with van der Waals surface area (Å²) >= 11 is 0. The van der Waals surface area contributed by atoms with Gasteiger partial charge in [0.1, 0.15) is 12.4 Å². The highest BCUT2D eigenvalue weighted by atomic mass is 19.1. The van der Waals surface area contributed by atoms with Crippen LogP contribution in [0.2, 0.25) is 0 Å². The molecular formula is C18H20FN3O4. The molecule has 0 unspecified atom stereocenters. The quantitative estimate of drug-likeness (QED) is 0.639. The van der Waals surface area contributed by atoms with Crippen LogP contribution in [0.5, 0.6) is 0 Å². The summed E-state index contributed by atoms with van der Waals surface area (Å²) in [6.45, 7) is 1.19. The third-order valence-electron chi connectivity index (χ3n) is 4.82. The minimum Gasteiger partial charge on any atom is -0.348 e. The molecule has 1 aliphatic heterocycles. The van der Waals surface area contributed by atoms with Crippen LogP contribution in [0.4, 0.5) is 9.18 Å². The SMILES string of the molecule is C[C@@H](NC(=O)CN1C(=O)C(=O)N(C2CCCC2)C1=O)c1ccc(F)cc1. The van der Waals surface area contributed by atoms with E-state index in [0.717, 1.165) is 17.7 Å². The average Bonchev–Trinajstić information content (AvgIpc) is 3.19. The number of benzene rings is 1. The Hall–Kier alpha value is -2.77. The maximum Gasteiger partial charge on any atom is 0.334 e. The molecule has 1 saturated heterocycles. The third kappa shape index (κ3) is 3.44. The molecule has 3 rings (SSSR count). The van der Waals surface area contributed by atoms with Crippen LogP contribution in [0.1, 0.15) is 44.2 Å². The zero-order valence-electron chi connectivity index (χ0n) is 14.4. The lowest BCUT2D eigenvalue weighted by Gasteiger charge is -2.21. The smallest absolute Gasteiger partial charge is 0.334 e. The Bertz CT molecular complexity index is 743. The predicted octanol–water partition coefficient (Wildman–Crippen LogP) is 1.74. The second-order valence-corrected chi connectivity index (χ2v) is 6.63. The minimum absolute atomic E-state index is 0.259. The van der Waals surface area contributed by atoms with Gasteiger partial charge in [0.05, 0.1) is 6.04 Å². The number of hydrogen-bond acceptors (Lipinski definition) is 4. The third-order valence-corrected chi connectivity index (χ3v) is 4.82. The number of amides is 5. The van der Waals surface area contributed by atoms with Gasteiger partial charge in [-0.3, -0.25) is 19.3 Å². The van der Waals surface area contributed by atoms with E-state index in [1.807, 2.05) is 0 Å². The zero-order valence-corrected chi connectivity index (χ0v) is 14.4. The zero-order chi connectivity index (χ0) is 18.8. The fourth-order valence-electron chi connectivity index (χ4n) is 3.41. The number of halogens is 1. The van der Waals surface area contributed by atoms with E-state index in [2.05, 4.69) is 5.32 Å². The predicted molar refractivity (Wildman–Crippen MR) is 89.2 cm³/mol. The van der Waals surface area contributed by atoms with Crippen LogP contribution in [0, 0.1) is 5.82 Å². The molecule has 1 aromatic rings. The summed E-state index contributed by atoms with van der Waals surface area (Å²) in [5.74, 6) is -2.77. The van der Waals surface area contributed by atoms with E-state index in [-0.39, 0.29) is 11.9 Å². The summed E-state index contributed by atoms with van der Waals surface area (Å²) in [6.07, 6.45) is 3.19. The second kappa shape index (κ2) is 7.23. The average molecular weight is 361 g/mol. The van der Waals surface area contributed by atoms with Crippen molar-refractivity contribution in [3.63, 3.8) is 0 Å². The lowest BCUT2D eigenvalue weighted by Crippen LogP contribution is -2.43. The summed E-state index contributed by atoms with van der Waals surface area (Å²) < 4.78 is 13.0. The van der Waals surface area contributed by atoms with Crippen molar-refractivity contribution in [2.75, 3.05) is 6.54 Å². The van der Waals surface area contributed by atoms with Gasteiger partial charge in [0, 0.05) is 6.04 Å². The molecular weight excluding hydrogens is 341 g/mol. The van der Waals surface area contributed by atoms with Crippen molar-refractivity contribution in [2.24, 2.45) is 0 Å². The Morgan fingerprint density at radius 2 is 1.77 bits per heavy atom. The molecule has 1 aromatic carbocycles. The van der Waals surface area contributed by atoms with E-state index in [1.165, 1.54) is 24.3 Å². The number of nitrogens with zero attached hydrogens (tertiary/aromatic N) is 2. The van der Waals surface area contributed by atoms with E-state index in [4.69, 9.17) is 0 Å². The topological polar surface area (TPSA) is 86.8 Å². The first-order chi connectivity index (χ1) is 12.4. The van der Waals surface area contributed by atoms with Crippen LogP contribution >= 0.6 is 0 Å². The number of rotatable bonds is 5. The van der Waals surface area contributed by atoms with Gasteiger partial charge >= 0.3 is 17.8 Å². The molecule has 2 aliphatic rings. The van der Waals surface area contributed by atoms with E-state index in [9.17, 15) is 23.6 Å². The van der Waals surface area contributed by atoms with Crippen molar-refractivity contribution in [3.8, 4) is 0 Å². The summed E-state index contributed by atoms with van der Waals surface area (Å²) in [7, 11) is 0. The molecule has 8 heteroatoms. The largest absolute Gasteiger partial charge is 0.348 e. The van der Waals surface area contributed by atoms with Gasteiger partial charge in [0.2, 0.25) is 5.91 Å². The normalized spacial score (nSPS) is 19.4. The summed E-state index contributed by atoms with van der Waals surface area (Å²) in [5, 5.41) is 2.65. The summed E-state index contributed by atoms with van der Waals surface area (Å²) in [4.78, 5) is 50.5. The molecule has 0 bridgehead atoms. The highest BCUT2D eigenvalue weighted by Crippen LogP contribution is 2.27. The Kier molecular flexibility index (Phi) is 5.01. The maximum absolute atomic E-state index is 13.0. The first kappa shape index (κ1) is 18.0. The van der Waals surface area contributed by atoms with Crippen LogP contribution in [0.3, 0.4) is 0 Å². The molecule has 5 amide bonds. The van der Waals surface area contributed by atoms with Crippen LogP contribution in [0.15, 0.2) is 24.3 Å². The number of carbonyl (C=O) groups is 4. The fraction of sp³-hybridized carbons (Fsp3) is 0.444. The Morgan fingerprint density at radius 1 is 1.15 bits per heavy atom. The van der Waals surface area contributed by atoms with Crippen molar-refractivity contribution < 1.29 is 23.6 Å². The molecule has 1 N–H and O–H groups in total. The molecule has 2 fully saturated rings. The van der Waals surface area contributed by atoms with Crippen molar-refractivity contribution in [3.05, 3.63) is 35.6 Å². The van der Waals surface area contributed by atoms with Gasteiger partial charge in [0.15, 0.2) is 0 Å². The number of imide groups is 2. The van der Waals surface area contributed by atoms with E-state index < -0.39 is 36.3 Å². The molecule has 138 valence electrons. The van der Waals surface area contributed by atoms with E-state index >= 15 is 0 Å². The molecule has 0 aromatic heterocycles. The van der Waals surface area contributed by atoms with Gasteiger partial charge in [0.25, 0.3) is 0 Å². The highest BCUT2D eigenvalue weighted by molar-refractivity contribution is 6.45. The molecule has 7 nitrogen and oxygen atoms in total. The monoisotopic (exact) mass is 361 g/mol.